The summed E-state index contributed by atoms with van der Waals surface area (Å²) >= 11 is 0. The Balaban J connectivity index is 2.27. The molecule has 0 aromatic heterocycles. The number of unbranched alkanes of at least 4 members (excludes halogenated alkanes) is 1. The zero-order valence-corrected chi connectivity index (χ0v) is 9.85. The van der Waals surface area contributed by atoms with Gasteiger partial charge in [0.15, 0.2) is 0 Å². The van der Waals surface area contributed by atoms with Gasteiger partial charge in [-0.2, -0.15) is 0 Å². The number of allylic oxidation sites excluding steroid dienone is 2. The van der Waals surface area contributed by atoms with Crippen molar-refractivity contribution in [3.8, 4) is 0 Å². The highest BCUT2D eigenvalue weighted by Gasteiger charge is 2.26. The summed E-state index contributed by atoms with van der Waals surface area (Å²) in [6.07, 6.45) is 6.49. The lowest BCUT2D eigenvalue weighted by molar-refractivity contribution is -0.117. The lowest BCUT2D eigenvalue weighted by Crippen LogP contribution is -2.14. The fourth-order valence-electron chi connectivity index (χ4n) is 1.98. The minimum absolute atomic E-state index is 0.0303. The van der Waals surface area contributed by atoms with E-state index in [1.165, 1.54) is 0 Å². The van der Waals surface area contributed by atoms with E-state index in [-0.39, 0.29) is 24.5 Å². The Labute approximate surface area is 95.9 Å². The molecule has 0 saturated heterocycles. The summed E-state index contributed by atoms with van der Waals surface area (Å²) in [7, 11) is 0. The predicted octanol–water partition coefficient (Wildman–Crippen LogP) is 4.13. The molecule has 0 spiro atoms. The van der Waals surface area contributed by atoms with Crippen LogP contribution in [0.15, 0.2) is 12.2 Å². The van der Waals surface area contributed by atoms with E-state index >= 15 is 0 Å². The number of Topliss-reactive ketones (excluding diaryl/α,β-unsaturated/α-hetero) is 1. The van der Waals surface area contributed by atoms with Crippen LogP contribution in [0.1, 0.15) is 51.9 Å². The second-order valence-electron chi connectivity index (χ2n) is 4.63. The van der Waals surface area contributed by atoms with Crippen molar-refractivity contribution in [1.82, 2.24) is 0 Å². The molecule has 1 fully saturated rings. The number of carbonyl (C=O) groups excluding carboxylic acids is 1. The summed E-state index contributed by atoms with van der Waals surface area (Å²) in [5.41, 5.74) is 0. The van der Waals surface area contributed by atoms with Crippen molar-refractivity contribution in [1.29, 1.82) is 0 Å². The van der Waals surface area contributed by atoms with Crippen molar-refractivity contribution in [2.24, 2.45) is 5.92 Å². The fourth-order valence-corrected chi connectivity index (χ4v) is 1.98. The summed E-state index contributed by atoms with van der Waals surface area (Å²) in [4.78, 5) is 11.0. The molecule has 1 atom stereocenters. The maximum atomic E-state index is 13.2. The molecule has 3 heteroatoms. The number of rotatable bonds is 6. The van der Waals surface area contributed by atoms with E-state index in [9.17, 15) is 13.6 Å². The zero-order chi connectivity index (χ0) is 12.0. The normalized spacial score (nSPS) is 22.2. The van der Waals surface area contributed by atoms with Crippen molar-refractivity contribution < 1.29 is 13.6 Å². The molecule has 1 aliphatic carbocycles. The van der Waals surface area contributed by atoms with Gasteiger partial charge in [0, 0.05) is 25.7 Å². The molecule has 0 radical (unpaired) electrons. The summed E-state index contributed by atoms with van der Waals surface area (Å²) in [6, 6.07) is 0. The molecule has 0 heterocycles. The van der Waals surface area contributed by atoms with Gasteiger partial charge < -0.3 is 0 Å². The third kappa shape index (κ3) is 4.86. The highest BCUT2D eigenvalue weighted by Crippen LogP contribution is 2.28. The maximum Gasteiger partial charge on any atom is 0.251 e. The first kappa shape index (κ1) is 13.3. The van der Waals surface area contributed by atoms with Crippen LogP contribution >= 0.6 is 0 Å². The zero-order valence-electron chi connectivity index (χ0n) is 9.85. The Kier molecular flexibility index (Phi) is 5.10. The molecule has 0 aromatic rings. The van der Waals surface area contributed by atoms with Crippen LogP contribution in [0.4, 0.5) is 8.78 Å². The first-order valence-electron chi connectivity index (χ1n) is 6.09. The van der Waals surface area contributed by atoms with Crippen LogP contribution in [0, 0.1) is 5.92 Å². The number of carbonyl (C=O) groups is 1. The van der Waals surface area contributed by atoms with Gasteiger partial charge in [0.25, 0.3) is 5.92 Å². The second-order valence-corrected chi connectivity index (χ2v) is 4.63. The Morgan fingerprint density at radius 1 is 1.50 bits per heavy atom. The van der Waals surface area contributed by atoms with Gasteiger partial charge in [-0.3, -0.25) is 4.79 Å². The number of hydrogen-bond donors (Lipinski definition) is 0. The van der Waals surface area contributed by atoms with E-state index in [1.807, 2.05) is 6.92 Å². The van der Waals surface area contributed by atoms with Crippen molar-refractivity contribution in [3.05, 3.63) is 12.2 Å². The molecular weight excluding hydrogens is 210 g/mol. The molecule has 92 valence electrons. The topological polar surface area (TPSA) is 17.1 Å². The molecule has 0 aromatic carbocycles. The van der Waals surface area contributed by atoms with Crippen LogP contribution in [-0.4, -0.2) is 11.7 Å². The SMILES string of the molecule is CCCCC(F)(F)C/C=C/C1CCC(=O)C1. The minimum atomic E-state index is -2.57. The monoisotopic (exact) mass is 230 g/mol. The van der Waals surface area contributed by atoms with Crippen molar-refractivity contribution in [2.45, 2.75) is 57.8 Å². The molecule has 0 aliphatic heterocycles. The van der Waals surface area contributed by atoms with Gasteiger partial charge in [-0.25, -0.2) is 8.78 Å². The molecule has 0 bridgehead atoms. The number of hydrogen-bond acceptors (Lipinski definition) is 1. The number of halogens is 2. The largest absolute Gasteiger partial charge is 0.300 e. The van der Waals surface area contributed by atoms with Gasteiger partial charge in [-0.15, -0.1) is 0 Å². The van der Waals surface area contributed by atoms with E-state index < -0.39 is 5.92 Å². The van der Waals surface area contributed by atoms with Gasteiger partial charge in [-0.1, -0.05) is 25.5 Å². The highest BCUT2D eigenvalue weighted by molar-refractivity contribution is 5.80. The highest BCUT2D eigenvalue weighted by atomic mass is 19.3. The average Bonchev–Trinajstić information content (AvgIpc) is 2.61. The summed E-state index contributed by atoms with van der Waals surface area (Å²) < 4.78 is 26.5. The Hall–Kier alpha value is -0.730. The Bertz CT molecular complexity index is 259. The van der Waals surface area contributed by atoms with Crippen molar-refractivity contribution in [2.75, 3.05) is 0 Å². The predicted molar refractivity (Wildman–Crippen MR) is 60.6 cm³/mol. The van der Waals surface area contributed by atoms with Crippen LogP contribution in [0.2, 0.25) is 0 Å². The molecule has 0 amide bonds. The third-order valence-corrected chi connectivity index (χ3v) is 3.00. The summed E-state index contributed by atoms with van der Waals surface area (Å²) in [5.74, 6) is -2.11. The van der Waals surface area contributed by atoms with E-state index in [1.54, 1.807) is 12.2 Å². The fraction of sp³-hybridized carbons (Fsp3) is 0.769. The van der Waals surface area contributed by atoms with E-state index in [4.69, 9.17) is 0 Å². The minimum Gasteiger partial charge on any atom is -0.300 e. The molecule has 0 N–H and O–H groups in total. The first-order chi connectivity index (χ1) is 7.53. The lowest BCUT2D eigenvalue weighted by Gasteiger charge is -2.13. The number of alkyl halides is 2. The van der Waals surface area contributed by atoms with Crippen LogP contribution in [0.3, 0.4) is 0 Å². The van der Waals surface area contributed by atoms with Gasteiger partial charge in [-0.05, 0) is 18.8 Å². The molecule has 1 aliphatic rings. The Morgan fingerprint density at radius 2 is 2.25 bits per heavy atom. The van der Waals surface area contributed by atoms with Crippen LogP contribution in [-0.2, 0) is 4.79 Å². The van der Waals surface area contributed by atoms with Crippen LogP contribution in [0.25, 0.3) is 0 Å². The molecule has 1 rings (SSSR count). The smallest absolute Gasteiger partial charge is 0.251 e. The summed E-state index contributed by atoms with van der Waals surface area (Å²) in [5, 5.41) is 0. The van der Waals surface area contributed by atoms with Crippen molar-refractivity contribution >= 4 is 5.78 Å². The molecule has 1 nitrogen and oxygen atoms in total. The maximum absolute atomic E-state index is 13.2. The van der Waals surface area contributed by atoms with Crippen LogP contribution < -0.4 is 0 Å². The molecule has 1 unspecified atom stereocenters. The van der Waals surface area contributed by atoms with Gasteiger partial charge in [0.2, 0.25) is 0 Å². The van der Waals surface area contributed by atoms with Crippen molar-refractivity contribution in [3.63, 3.8) is 0 Å². The molecular formula is C13H20F2O. The Morgan fingerprint density at radius 3 is 2.81 bits per heavy atom. The average molecular weight is 230 g/mol. The second kappa shape index (κ2) is 6.12. The summed E-state index contributed by atoms with van der Waals surface area (Å²) in [6.45, 7) is 1.91. The molecule has 16 heavy (non-hydrogen) atoms. The van der Waals surface area contributed by atoms with E-state index in [2.05, 4.69) is 0 Å². The van der Waals surface area contributed by atoms with Crippen LogP contribution in [0.5, 0.6) is 0 Å². The third-order valence-electron chi connectivity index (χ3n) is 3.00. The lowest BCUT2D eigenvalue weighted by atomic mass is 10.0. The quantitative estimate of drug-likeness (QED) is 0.627. The van der Waals surface area contributed by atoms with Gasteiger partial charge >= 0.3 is 0 Å². The first-order valence-corrected chi connectivity index (χ1v) is 6.09. The van der Waals surface area contributed by atoms with E-state index in [0.29, 0.717) is 19.3 Å². The van der Waals surface area contributed by atoms with Gasteiger partial charge in [0.1, 0.15) is 5.78 Å². The number of ketones is 1. The van der Waals surface area contributed by atoms with Gasteiger partial charge in [0.05, 0.1) is 0 Å². The van der Waals surface area contributed by atoms with E-state index in [0.717, 1.165) is 12.8 Å². The molecule has 1 saturated carbocycles. The standard InChI is InChI=1S/C13H20F2O/c1-2-3-8-13(14,15)9-4-5-11-6-7-12(16)10-11/h4-5,11H,2-3,6-10H2,1H3/b5-4+.